The molecule has 0 aromatic carbocycles. The number of H-pyrrole nitrogens is 1. The van der Waals surface area contributed by atoms with Gasteiger partial charge in [-0.3, -0.25) is 0 Å². The van der Waals surface area contributed by atoms with Crippen LogP contribution < -0.4 is 5.32 Å². The van der Waals surface area contributed by atoms with Gasteiger partial charge in [0.15, 0.2) is 0 Å². The fourth-order valence-corrected chi connectivity index (χ4v) is 3.40. The maximum Gasteiger partial charge on any atom is 0.145 e. The lowest BCUT2D eigenvalue weighted by atomic mass is 10.2. The highest BCUT2D eigenvalue weighted by Crippen LogP contribution is 2.27. The van der Waals surface area contributed by atoms with Gasteiger partial charge in [-0.25, -0.2) is 4.98 Å². The molecule has 2 N–H and O–H groups in total. The standard InChI is InChI=1S/C9H11N5S2/c1-2-15-4-7(10-1)8-5-16-9(12-8)6-3-11-14-13-6/h3,5,7,10H,1-2,4H2,(H,11,13,14). The first-order chi connectivity index (χ1) is 7.93. The fraction of sp³-hybridized carbons (Fsp3) is 0.444. The summed E-state index contributed by atoms with van der Waals surface area (Å²) in [5.41, 5.74) is 1.94. The summed E-state index contributed by atoms with van der Waals surface area (Å²) in [5.74, 6) is 2.29. The Kier molecular flexibility index (Phi) is 2.90. The van der Waals surface area contributed by atoms with Crippen LogP contribution in [0.4, 0.5) is 0 Å². The molecule has 3 heterocycles. The molecule has 0 saturated carbocycles. The molecular weight excluding hydrogens is 242 g/mol. The largest absolute Gasteiger partial charge is 0.307 e. The van der Waals surface area contributed by atoms with E-state index in [-0.39, 0.29) is 0 Å². The molecule has 1 aliphatic rings. The predicted octanol–water partition coefficient (Wildman–Crippen LogP) is 1.31. The van der Waals surface area contributed by atoms with Gasteiger partial charge in [-0.05, 0) is 0 Å². The molecule has 1 saturated heterocycles. The van der Waals surface area contributed by atoms with Gasteiger partial charge < -0.3 is 5.32 Å². The smallest absolute Gasteiger partial charge is 0.145 e. The fourth-order valence-electron chi connectivity index (χ4n) is 1.62. The Bertz CT molecular complexity index is 446. The first-order valence-electron chi connectivity index (χ1n) is 5.06. The van der Waals surface area contributed by atoms with E-state index < -0.39 is 0 Å². The van der Waals surface area contributed by atoms with Gasteiger partial charge in [0.05, 0.1) is 17.9 Å². The van der Waals surface area contributed by atoms with Gasteiger partial charge in [0, 0.05) is 23.4 Å². The minimum atomic E-state index is 0.385. The van der Waals surface area contributed by atoms with Crippen LogP contribution in [-0.4, -0.2) is 38.4 Å². The van der Waals surface area contributed by atoms with Crippen molar-refractivity contribution in [1.82, 2.24) is 25.7 Å². The molecule has 2 aromatic heterocycles. The van der Waals surface area contributed by atoms with Crippen molar-refractivity contribution in [1.29, 1.82) is 0 Å². The highest BCUT2D eigenvalue weighted by Gasteiger charge is 2.18. The number of thioether (sulfide) groups is 1. The molecule has 0 amide bonds. The van der Waals surface area contributed by atoms with Crippen LogP contribution in [-0.2, 0) is 0 Å². The lowest BCUT2D eigenvalue weighted by Gasteiger charge is -2.21. The molecule has 5 nitrogen and oxygen atoms in total. The van der Waals surface area contributed by atoms with E-state index in [2.05, 4.69) is 31.1 Å². The highest BCUT2D eigenvalue weighted by molar-refractivity contribution is 7.99. The molecule has 2 aromatic rings. The Labute approximate surface area is 101 Å². The monoisotopic (exact) mass is 253 g/mol. The van der Waals surface area contributed by atoms with Gasteiger partial charge in [0.2, 0.25) is 0 Å². The van der Waals surface area contributed by atoms with E-state index in [4.69, 9.17) is 0 Å². The van der Waals surface area contributed by atoms with Gasteiger partial charge in [-0.2, -0.15) is 27.2 Å². The zero-order chi connectivity index (χ0) is 10.8. The first-order valence-corrected chi connectivity index (χ1v) is 7.09. The van der Waals surface area contributed by atoms with Crippen molar-refractivity contribution >= 4 is 23.1 Å². The number of hydrogen-bond donors (Lipinski definition) is 2. The molecule has 3 rings (SSSR count). The molecule has 0 bridgehead atoms. The van der Waals surface area contributed by atoms with Gasteiger partial charge in [-0.15, -0.1) is 11.3 Å². The average molecular weight is 253 g/mol. The number of thiazole rings is 1. The number of aromatic amines is 1. The minimum Gasteiger partial charge on any atom is -0.307 e. The van der Waals surface area contributed by atoms with Crippen LogP contribution in [0.5, 0.6) is 0 Å². The van der Waals surface area contributed by atoms with Crippen LogP contribution in [0.25, 0.3) is 10.7 Å². The van der Waals surface area contributed by atoms with Gasteiger partial charge in [-0.1, -0.05) is 0 Å². The normalized spacial score (nSPS) is 21.1. The summed E-state index contributed by atoms with van der Waals surface area (Å²) < 4.78 is 0. The van der Waals surface area contributed by atoms with Crippen molar-refractivity contribution in [3.63, 3.8) is 0 Å². The lowest BCUT2D eigenvalue weighted by Crippen LogP contribution is -2.30. The van der Waals surface area contributed by atoms with Gasteiger partial charge in [0.25, 0.3) is 0 Å². The summed E-state index contributed by atoms with van der Waals surface area (Å²) in [4.78, 5) is 4.60. The van der Waals surface area contributed by atoms with Crippen molar-refractivity contribution in [2.45, 2.75) is 6.04 Å². The Morgan fingerprint density at radius 2 is 2.44 bits per heavy atom. The van der Waals surface area contributed by atoms with Crippen molar-refractivity contribution in [2.24, 2.45) is 0 Å². The second-order valence-corrected chi connectivity index (χ2v) is 5.52. The maximum atomic E-state index is 4.60. The average Bonchev–Trinajstić information content (AvgIpc) is 3.01. The van der Waals surface area contributed by atoms with E-state index in [1.165, 1.54) is 5.75 Å². The third-order valence-electron chi connectivity index (χ3n) is 2.43. The predicted molar refractivity (Wildman–Crippen MR) is 65.6 cm³/mol. The van der Waals surface area contributed by atoms with E-state index in [9.17, 15) is 0 Å². The van der Waals surface area contributed by atoms with E-state index in [0.29, 0.717) is 6.04 Å². The van der Waals surface area contributed by atoms with E-state index in [1.54, 1.807) is 17.5 Å². The number of aromatic nitrogens is 4. The van der Waals surface area contributed by atoms with Crippen molar-refractivity contribution in [3.05, 3.63) is 17.3 Å². The summed E-state index contributed by atoms with van der Waals surface area (Å²) in [7, 11) is 0. The quantitative estimate of drug-likeness (QED) is 0.844. The SMILES string of the molecule is c1n[nH]nc1-c1nc(C2CSCCN2)cs1. The Morgan fingerprint density at radius 3 is 3.19 bits per heavy atom. The number of hydrogen-bond acceptors (Lipinski definition) is 6. The lowest BCUT2D eigenvalue weighted by molar-refractivity contribution is 0.584. The van der Waals surface area contributed by atoms with Crippen LogP contribution >= 0.6 is 23.1 Å². The first kappa shape index (κ1) is 10.2. The minimum absolute atomic E-state index is 0.385. The molecule has 1 aliphatic heterocycles. The number of rotatable bonds is 2. The van der Waals surface area contributed by atoms with Crippen LogP contribution in [0.1, 0.15) is 11.7 Å². The summed E-state index contributed by atoms with van der Waals surface area (Å²) in [6.07, 6.45) is 1.70. The number of nitrogens with zero attached hydrogens (tertiary/aromatic N) is 3. The van der Waals surface area contributed by atoms with Crippen LogP contribution in [0.15, 0.2) is 11.6 Å². The summed E-state index contributed by atoms with van der Waals surface area (Å²) in [6.45, 7) is 1.06. The van der Waals surface area contributed by atoms with Gasteiger partial charge >= 0.3 is 0 Å². The molecule has 7 heteroatoms. The molecule has 1 fully saturated rings. The van der Waals surface area contributed by atoms with E-state index in [0.717, 1.165) is 28.7 Å². The summed E-state index contributed by atoms with van der Waals surface area (Å²) in [5, 5.41) is 16.9. The zero-order valence-electron chi connectivity index (χ0n) is 8.51. The van der Waals surface area contributed by atoms with Crippen LogP contribution in [0.3, 0.4) is 0 Å². The number of nitrogens with one attached hydrogen (secondary N) is 2. The van der Waals surface area contributed by atoms with Crippen LogP contribution in [0.2, 0.25) is 0 Å². The molecule has 1 atom stereocenters. The molecule has 0 radical (unpaired) electrons. The van der Waals surface area contributed by atoms with Crippen molar-refractivity contribution < 1.29 is 0 Å². The summed E-state index contributed by atoms with van der Waals surface area (Å²) in [6, 6.07) is 0.385. The molecule has 0 aliphatic carbocycles. The molecule has 16 heavy (non-hydrogen) atoms. The molecule has 0 spiro atoms. The van der Waals surface area contributed by atoms with E-state index in [1.807, 2.05) is 11.8 Å². The van der Waals surface area contributed by atoms with Crippen molar-refractivity contribution in [3.8, 4) is 10.7 Å². The second-order valence-electron chi connectivity index (χ2n) is 3.51. The summed E-state index contributed by atoms with van der Waals surface area (Å²) >= 11 is 3.59. The van der Waals surface area contributed by atoms with Gasteiger partial charge in [0.1, 0.15) is 10.7 Å². The second kappa shape index (κ2) is 4.52. The maximum absolute atomic E-state index is 4.60. The van der Waals surface area contributed by atoms with Crippen LogP contribution in [0, 0.1) is 0 Å². The zero-order valence-corrected chi connectivity index (χ0v) is 10.1. The molecule has 84 valence electrons. The highest BCUT2D eigenvalue weighted by atomic mass is 32.2. The third-order valence-corrected chi connectivity index (χ3v) is 4.38. The Morgan fingerprint density at radius 1 is 1.44 bits per heavy atom. The molecular formula is C9H11N5S2. The van der Waals surface area contributed by atoms with Crippen molar-refractivity contribution in [2.75, 3.05) is 18.1 Å². The topological polar surface area (TPSA) is 66.5 Å². The Hall–Kier alpha value is -0.920. The Balaban J connectivity index is 1.82. The molecule has 1 unspecified atom stereocenters. The third kappa shape index (κ3) is 1.98. The van der Waals surface area contributed by atoms with E-state index >= 15 is 0 Å².